The lowest BCUT2D eigenvalue weighted by atomic mass is 9.70. The van der Waals surface area contributed by atoms with Gasteiger partial charge in [0.2, 0.25) is 0 Å². The summed E-state index contributed by atoms with van der Waals surface area (Å²) in [4.78, 5) is 14.1. The number of carbonyl (C=O) groups excluding carboxylic acids is 1. The first-order chi connectivity index (χ1) is 10.7. The van der Waals surface area contributed by atoms with Crippen LogP contribution in [0.5, 0.6) is 5.75 Å². The summed E-state index contributed by atoms with van der Waals surface area (Å²) in [7, 11) is 0. The van der Waals surface area contributed by atoms with E-state index in [1.807, 2.05) is 0 Å². The van der Waals surface area contributed by atoms with Crippen molar-refractivity contribution in [1.82, 2.24) is 0 Å². The molecule has 3 rings (SSSR count). The van der Waals surface area contributed by atoms with E-state index in [1.54, 1.807) is 20.8 Å². The summed E-state index contributed by atoms with van der Waals surface area (Å²) in [5.74, 6) is -0.587. The Kier molecular flexibility index (Phi) is 3.77. The fraction of sp³-hybridized carbons (Fsp3) is 0.611. The van der Waals surface area contributed by atoms with Crippen LogP contribution in [0.4, 0.5) is 14.9 Å². The Morgan fingerprint density at radius 2 is 1.91 bits per heavy atom. The first-order valence-corrected chi connectivity index (χ1v) is 8.25. The number of rotatable bonds is 0. The van der Waals surface area contributed by atoms with Crippen molar-refractivity contribution in [3.05, 3.63) is 23.5 Å². The highest BCUT2D eigenvalue weighted by molar-refractivity contribution is 5.92. The zero-order valence-electron chi connectivity index (χ0n) is 14.0. The Hall–Kier alpha value is -1.78. The van der Waals surface area contributed by atoms with E-state index >= 15 is 0 Å². The smallest absolute Gasteiger partial charge is 0.414 e. The van der Waals surface area contributed by atoms with Crippen LogP contribution in [0.3, 0.4) is 0 Å². The summed E-state index contributed by atoms with van der Waals surface area (Å²) in [6.07, 6.45) is 4.45. The second-order valence-electron chi connectivity index (χ2n) is 7.73. The first kappa shape index (κ1) is 16.1. The molecular weight excluding hydrogens is 297 g/mol. The third-order valence-electron chi connectivity index (χ3n) is 4.76. The first-order valence-electron chi connectivity index (χ1n) is 8.25. The molecule has 23 heavy (non-hydrogen) atoms. The van der Waals surface area contributed by atoms with Crippen molar-refractivity contribution in [2.45, 2.75) is 63.9 Å². The lowest BCUT2D eigenvalue weighted by molar-refractivity contribution is 0.0575. The van der Waals surface area contributed by atoms with Gasteiger partial charge in [-0.2, -0.15) is 0 Å². The average molecular weight is 321 g/mol. The zero-order chi connectivity index (χ0) is 16.8. The number of anilines is 1. The molecule has 1 aliphatic carbocycles. The number of halogens is 1. The summed E-state index contributed by atoms with van der Waals surface area (Å²) in [6, 6.07) is 2.62. The van der Waals surface area contributed by atoms with Crippen molar-refractivity contribution in [2.75, 3.05) is 11.4 Å². The number of phenols is 1. The van der Waals surface area contributed by atoms with Crippen LogP contribution >= 0.6 is 0 Å². The molecule has 0 atom stereocenters. The average Bonchev–Trinajstić information content (AvgIpc) is 2.72. The quantitative estimate of drug-likeness (QED) is 0.766. The van der Waals surface area contributed by atoms with E-state index in [0.717, 1.165) is 38.2 Å². The van der Waals surface area contributed by atoms with Crippen molar-refractivity contribution in [1.29, 1.82) is 0 Å². The molecule has 0 saturated heterocycles. The van der Waals surface area contributed by atoms with E-state index in [-0.39, 0.29) is 11.2 Å². The number of fused-ring (bicyclic) bond motifs is 2. The predicted octanol–water partition coefficient (Wildman–Crippen LogP) is 4.49. The van der Waals surface area contributed by atoms with Gasteiger partial charge in [-0.15, -0.1) is 0 Å². The third kappa shape index (κ3) is 2.89. The van der Waals surface area contributed by atoms with Crippen LogP contribution in [0.1, 0.15) is 58.4 Å². The third-order valence-corrected chi connectivity index (χ3v) is 4.76. The molecule has 0 unspecified atom stereocenters. The lowest BCUT2D eigenvalue weighted by Gasteiger charge is -2.34. The monoisotopic (exact) mass is 321 g/mol. The number of hydrogen-bond acceptors (Lipinski definition) is 3. The van der Waals surface area contributed by atoms with Crippen molar-refractivity contribution >= 4 is 11.8 Å². The number of benzene rings is 1. The molecule has 0 aromatic heterocycles. The van der Waals surface area contributed by atoms with Gasteiger partial charge in [0.25, 0.3) is 0 Å². The molecule has 0 bridgehead atoms. The zero-order valence-corrected chi connectivity index (χ0v) is 14.0. The van der Waals surface area contributed by atoms with Crippen LogP contribution < -0.4 is 4.90 Å². The molecule has 126 valence electrons. The number of hydrogen-bond donors (Lipinski definition) is 1. The van der Waals surface area contributed by atoms with E-state index in [4.69, 9.17) is 4.74 Å². The van der Waals surface area contributed by atoms with E-state index in [2.05, 4.69) is 0 Å². The fourth-order valence-electron chi connectivity index (χ4n) is 3.90. The largest absolute Gasteiger partial charge is 0.508 e. The van der Waals surface area contributed by atoms with Crippen LogP contribution in [-0.2, 0) is 10.2 Å². The number of ether oxygens (including phenoxy) is 1. The summed E-state index contributed by atoms with van der Waals surface area (Å²) >= 11 is 0. The highest BCUT2D eigenvalue weighted by atomic mass is 19.1. The number of amides is 1. The topological polar surface area (TPSA) is 49.8 Å². The van der Waals surface area contributed by atoms with Gasteiger partial charge >= 0.3 is 6.09 Å². The Morgan fingerprint density at radius 3 is 2.52 bits per heavy atom. The van der Waals surface area contributed by atoms with Gasteiger partial charge in [0.1, 0.15) is 17.2 Å². The van der Waals surface area contributed by atoms with Crippen LogP contribution in [0.25, 0.3) is 0 Å². The van der Waals surface area contributed by atoms with Crippen LogP contribution in [0, 0.1) is 5.82 Å². The number of carbonyl (C=O) groups is 1. The van der Waals surface area contributed by atoms with Gasteiger partial charge in [-0.3, -0.25) is 4.90 Å². The highest BCUT2D eigenvalue weighted by Gasteiger charge is 2.48. The minimum Gasteiger partial charge on any atom is -0.508 e. The molecule has 1 heterocycles. The molecule has 1 aromatic rings. The van der Waals surface area contributed by atoms with Crippen LogP contribution in [0.15, 0.2) is 12.1 Å². The molecule has 1 aromatic carbocycles. The summed E-state index contributed by atoms with van der Waals surface area (Å²) in [5, 5.41) is 9.78. The molecule has 1 fully saturated rings. The lowest BCUT2D eigenvalue weighted by Crippen LogP contribution is -2.41. The van der Waals surface area contributed by atoms with Gasteiger partial charge < -0.3 is 9.84 Å². The van der Waals surface area contributed by atoms with E-state index in [0.29, 0.717) is 17.8 Å². The molecule has 1 N–H and O–H groups in total. The van der Waals surface area contributed by atoms with Gasteiger partial charge in [0.05, 0.1) is 5.69 Å². The molecule has 1 amide bonds. The molecule has 4 nitrogen and oxygen atoms in total. The van der Waals surface area contributed by atoms with Crippen molar-refractivity contribution < 1.29 is 19.0 Å². The Bertz CT molecular complexity index is 630. The summed E-state index contributed by atoms with van der Waals surface area (Å²) in [6.45, 7) is 5.85. The molecule has 1 aliphatic heterocycles. The summed E-state index contributed by atoms with van der Waals surface area (Å²) < 4.78 is 20.1. The molecular formula is C18H24FNO3. The van der Waals surface area contributed by atoms with Crippen molar-refractivity contribution in [3.63, 3.8) is 0 Å². The SMILES string of the molecule is CC(C)(C)OC(=O)N1CC2(CCCCC2)c2c(F)cc(O)cc21. The maximum Gasteiger partial charge on any atom is 0.414 e. The van der Waals surface area contributed by atoms with Crippen LogP contribution in [-0.4, -0.2) is 23.3 Å². The van der Waals surface area contributed by atoms with Gasteiger partial charge in [-0.25, -0.2) is 9.18 Å². The van der Waals surface area contributed by atoms with Crippen LogP contribution in [0.2, 0.25) is 0 Å². The van der Waals surface area contributed by atoms with Gasteiger partial charge in [-0.05, 0) is 33.6 Å². The highest BCUT2D eigenvalue weighted by Crippen LogP contribution is 2.51. The molecule has 0 radical (unpaired) electrons. The standard InChI is InChI=1S/C18H24FNO3/c1-17(2,3)23-16(22)20-11-18(7-5-4-6-8-18)15-13(19)9-12(21)10-14(15)20/h9-10,21H,4-8,11H2,1-3H3. The van der Waals surface area contributed by atoms with Gasteiger partial charge in [-0.1, -0.05) is 19.3 Å². The number of phenolic OH excluding ortho intramolecular Hbond substituents is 1. The van der Waals surface area contributed by atoms with Gasteiger partial charge in [0.15, 0.2) is 0 Å². The Labute approximate surface area is 136 Å². The maximum atomic E-state index is 14.6. The second kappa shape index (κ2) is 5.39. The van der Waals surface area contributed by atoms with Crippen molar-refractivity contribution in [3.8, 4) is 5.75 Å². The number of aromatic hydroxyl groups is 1. The minimum absolute atomic E-state index is 0.164. The minimum atomic E-state index is -0.616. The second-order valence-corrected chi connectivity index (χ2v) is 7.73. The fourth-order valence-corrected chi connectivity index (χ4v) is 3.90. The predicted molar refractivity (Wildman–Crippen MR) is 86.4 cm³/mol. The molecule has 1 spiro atoms. The van der Waals surface area contributed by atoms with E-state index in [9.17, 15) is 14.3 Å². The Balaban J connectivity index is 2.04. The molecule has 5 heteroatoms. The number of nitrogens with zero attached hydrogens (tertiary/aromatic N) is 1. The van der Waals surface area contributed by atoms with E-state index in [1.165, 1.54) is 11.0 Å². The van der Waals surface area contributed by atoms with Crippen molar-refractivity contribution in [2.24, 2.45) is 0 Å². The molecule has 2 aliphatic rings. The molecule has 1 saturated carbocycles. The summed E-state index contributed by atoms with van der Waals surface area (Å²) in [5.41, 5.74) is 0.0662. The van der Waals surface area contributed by atoms with E-state index < -0.39 is 17.5 Å². The normalized spacial score (nSPS) is 19.7. The van der Waals surface area contributed by atoms with Gasteiger partial charge in [0, 0.05) is 29.7 Å². The Morgan fingerprint density at radius 1 is 1.26 bits per heavy atom. The maximum absolute atomic E-state index is 14.6.